The third kappa shape index (κ3) is 4.97. The zero-order chi connectivity index (χ0) is 18.1. The van der Waals surface area contributed by atoms with Crippen molar-refractivity contribution in [1.82, 2.24) is 0 Å². The van der Waals surface area contributed by atoms with Gasteiger partial charge in [0.1, 0.15) is 12.2 Å². The second kappa shape index (κ2) is 9.13. The Bertz CT molecular complexity index is 668. The van der Waals surface area contributed by atoms with Crippen molar-refractivity contribution in [2.75, 3.05) is 28.4 Å². The molecule has 0 spiro atoms. The molecule has 0 aliphatic rings. The van der Waals surface area contributed by atoms with Crippen LogP contribution in [0.4, 0.5) is 5.69 Å². The Morgan fingerprint density at radius 1 is 1.04 bits per heavy atom. The van der Waals surface area contributed by atoms with E-state index >= 15 is 0 Å². The van der Waals surface area contributed by atoms with E-state index in [1.165, 1.54) is 20.3 Å². The summed E-state index contributed by atoms with van der Waals surface area (Å²) in [5.41, 5.74) is -0.169. The van der Waals surface area contributed by atoms with E-state index in [9.17, 15) is 14.7 Å². The van der Waals surface area contributed by atoms with Gasteiger partial charge in [0.15, 0.2) is 11.5 Å². The predicted molar refractivity (Wildman–Crippen MR) is 82.4 cm³/mol. The average Bonchev–Trinajstić information content (AvgIpc) is 2.60. The van der Waals surface area contributed by atoms with E-state index in [1.54, 1.807) is 12.1 Å². The van der Waals surface area contributed by atoms with Crippen LogP contribution < -0.4 is 9.47 Å². The number of aliphatic hydroxyl groups is 1. The Kier molecular flexibility index (Phi) is 7.21. The van der Waals surface area contributed by atoms with Crippen molar-refractivity contribution in [3.05, 3.63) is 29.7 Å². The van der Waals surface area contributed by atoms with E-state index in [4.69, 9.17) is 9.47 Å². The van der Waals surface area contributed by atoms with Crippen LogP contribution in [0.1, 0.15) is 6.42 Å². The molecular formula is C15H18N2O7. The summed E-state index contributed by atoms with van der Waals surface area (Å²) in [5, 5.41) is 17.3. The largest absolute Gasteiger partial charge is 0.509 e. The highest BCUT2D eigenvalue weighted by molar-refractivity contribution is 5.89. The van der Waals surface area contributed by atoms with E-state index in [2.05, 4.69) is 19.7 Å². The molecule has 0 aromatic heterocycles. The van der Waals surface area contributed by atoms with Gasteiger partial charge in [-0.05, 0) is 12.1 Å². The first kappa shape index (κ1) is 18.9. The zero-order valence-electron chi connectivity index (χ0n) is 13.7. The molecule has 0 fully saturated rings. The van der Waals surface area contributed by atoms with Crippen LogP contribution in [0, 0.1) is 0 Å². The number of carbonyl (C=O) groups excluding carboxylic acids is 2. The topological polar surface area (TPSA) is 116 Å². The number of carbonyl (C=O) groups is 2. The van der Waals surface area contributed by atoms with Gasteiger partial charge in [-0.2, -0.15) is 5.11 Å². The maximum absolute atomic E-state index is 11.7. The van der Waals surface area contributed by atoms with Crippen LogP contribution in [0.25, 0.3) is 0 Å². The predicted octanol–water partition coefficient (Wildman–Crippen LogP) is 2.29. The Morgan fingerprint density at radius 2 is 1.71 bits per heavy atom. The Balaban J connectivity index is 3.14. The van der Waals surface area contributed by atoms with E-state index in [0.29, 0.717) is 17.2 Å². The number of nitrogens with zero attached hydrogens (tertiary/aromatic N) is 2. The molecule has 9 nitrogen and oxygen atoms in total. The van der Waals surface area contributed by atoms with Gasteiger partial charge in [0, 0.05) is 6.07 Å². The molecule has 0 unspecified atom stereocenters. The summed E-state index contributed by atoms with van der Waals surface area (Å²) in [6.07, 6.45) is -0.536. The number of aliphatic hydroxyl groups excluding tert-OH is 1. The number of hydrogen-bond donors (Lipinski definition) is 1. The molecule has 0 saturated heterocycles. The third-order valence-corrected chi connectivity index (χ3v) is 2.82. The van der Waals surface area contributed by atoms with Gasteiger partial charge in [-0.3, -0.25) is 4.79 Å². The van der Waals surface area contributed by atoms with Gasteiger partial charge in [0.2, 0.25) is 5.70 Å². The summed E-state index contributed by atoms with van der Waals surface area (Å²) < 4.78 is 19.1. The summed E-state index contributed by atoms with van der Waals surface area (Å²) >= 11 is 0. The lowest BCUT2D eigenvalue weighted by Crippen LogP contribution is -2.09. The second-order valence-corrected chi connectivity index (χ2v) is 4.28. The van der Waals surface area contributed by atoms with E-state index in [1.807, 2.05) is 0 Å². The molecule has 130 valence electrons. The molecule has 9 heteroatoms. The Labute approximate surface area is 138 Å². The number of ether oxygens (including phenoxy) is 4. The smallest absolute Gasteiger partial charge is 0.362 e. The maximum atomic E-state index is 11.7. The fourth-order valence-electron chi connectivity index (χ4n) is 1.60. The first-order chi connectivity index (χ1) is 11.5. The number of azo groups is 1. The standard InChI is InChI=1S/C15H18N2O7/c1-21-11-6-5-9(7-12(11)22-2)16-17-14(15(20)24-4)10(18)8-13(19)23-3/h5-7,18H,8H2,1-4H3. The van der Waals surface area contributed by atoms with Crippen LogP contribution in [0.2, 0.25) is 0 Å². The number of hydrogen-bond acceptors (Lipinski definition) is 9. The lowest BCUT2D eigenvalue weighted by Gasteiger charge is -2.07. The first-order valence-electron chi connectivity index (χ1n) is 6.67. The molecule has 0 radical (unpaired) electrons. The lowest BCUT2D eigenvalue weighted by molar-refractivity contribution is -0.140. The van der Waals surface area contributed by atoms with Crippen LogP contribution in [-0.4, -0.2) is 45.5 Å². The normalized spacial score (nSPS) is 11.7. The van der Waals surface area contributed by atoms with Crippen LogP contribution in [0.3, 0.4) is 0 Å². The minimum atomic E-state index is -0.944. The van der Waals surface area contributed by atoms with Gasteiger partial charge in [0.05, 0.1) is 34.1 Å². The monoisotopic (exact) mass is 338 g/mol. The van der Waals surface area contributed by atoms with Crippen molar-refractivity contribution in [3.63, 3.8) is 0 Å². The van der Waals surface area contributed by atoms with Crippen LogP contribution >= 0.6 is 0 Å². The summed E-state index contributed by atoms with van der Waals surface area (Å²) in [6, 6.07) is 4.69. The molecule has 0 aliphatic carbocycles. The van der Waals surface area contributed by atoms with Crippen molar-refractivity contribution in [3.8, 4) is 11.5 Å². The Morgan fingerprint density at radius 3 is 2.25 bits per heavy atom. The molecule has 1 rings (SSSR count). The second-order valence-electron chi connectivity index (χ2n) is 4.28. The molecular weight excluding hydrogens is 320 g/mol. The minimum Gasteiger partial charge on any atom is -0.509 e. The summed E-state index contributed by atoms with van der Waals surface area (Å²) in [5.74, 6) is -1.39. The molecule has 1 N–H and O–H groups in total. The SMILES string of the molecule is COC(=O)CC(O)=C(N=Nc1ccc(OC)c(OC)c1)C(=O)OC. The number of esters is 2. The highest BCUT2D eigenvalue weighted by Crippen LogP contribution is 2.31. The van der Waals surface area contributed by atoms with Gasteiger partial charge in [-0.15, -0.1) is 5.11 Å². The van der Waals surface area contributed by atoms with Gasteiger partial charge < -0.3 is 24.1 Å². The summed E-state index contributed by atoms with van der Waals surface area (Å²) in [6.45, 7) is 0. The summed E-state index contributed by atoms with van der Waals surface area (Å²) in [4.78, 5) is 22.9. The van der Waals surface area contributed by atoms with E-state index in [-0.39, 0.29) is 0 Å². The average molecular weight is 338 g/mol. The highest BCUT2D eigenvalue weighted by Gasteiger charge is 2.19. The first-order valence-corrected chi connectivity index (χ1v) is 6.67. The zero-order valence-corrected chi connectivity index (χ0v) is 13.7. The van der Waals surface area contributed by atoms with Crippen molar-refractivity contribution >= 4 is 17.6 Å². The molecule has 24 heavy (non-hydrogen) atoms. The quantitative estimate of drug-likeness (QED) is 0.351. The van der Waals surface area contributed by atoms with E-state index < -0.39 is 29.8 Å². The van der Waals surface area contributed by atoms with Gasteiger partial charge in [0.25, 0.3) is 0 Å². The fourth-order valence-corrected chi connectivity index (χ4v) is 1.60. The third-order valence-electron chi connectivity index (χ3n) is 2.82. The van der Waals surface area contributed by atoms with Gasteiger partial charge in [-0.1, -0.05) is 0 Å². The summed E-state index contributed by atoms with van der Waals surface area (Å²) in [7, 11) is 5.21. The Hall–Kier alpha value is -3.10. The fraction of sp³-hybridized carbons (Fsp3) is 0.333. The molecule has 1 aromatic rings. The van der Waals surface area contributed by atoms with Gasteiger partial charge in [-0.25, -0.2) is 4.79 Å². The molecule has 0 aliphatic heterocycles. The van der Waals surface area contributed by atoms with Crippen molar-refractivity contribution < 1.29 is 33.6 Å². The number of benzene rings is 1. The molecule has 0 heterocycles. The number of methoxy groups -OCH3 is 4. The van der Waals surface area contributed by atoms with Crippen molar-refractivity contribution in [2.24, 2.45) is 10.2 Å². The van der Waals surface area contributed by atoms with Crippen LogP contribution in [0.15, 0.2) is 39.9 Å². The lowest BCUT2D eigenvalue weighted by atomic mass is 10.3. The molecule has 0 amide bonds. The van der Waals surface area contributed by atoms with Crippen molar-refractivity contribution in [1.29, 1.82) is 0 Å². The number of rotatable bonds is 7. The maximum Gasteiger partial charge on any atom is 0.362 e. The molecule has 1 aromatic carbocycles. The van der Waals surface area contributed by atoms with Crippen LogP contribution in [-0.2, 0) is 19.1 Å². The van der Waals surface area contributed by atoms with Gasteiger partial charge >= 0.3 is 11.9 Å². The minimum absolute atomic E-state index is 0.333. The molecule has 0 atom stereocenters. The highest BCUT2D eigenvalue weighted by atomic mass is 16.5. The molecule has 0 bridgehead atoms. The van der Waals surface area contributed by atoms with E-state index in [0.717, 1.165) is 14.2 Å². The van der Waals surface area contributed by atoms with Crippen LogP contribution in [0.5, 0.6) is 11.5 Å². The molecule has 0 saturated carbocycles. The van der Waals surface area contributed by atoms with Crippen molar-refractivity contribution in [2.45, 2.75) is 6.42 Å².